The number of nitro groups is 1. The molecule has 16 nitrogen and oxygen atoms in total. The summed E-state index contributed by atoms with van der Waals surface area (Å²) in [5.41, 5.74) is -0.502. The maximum absolute atomic E-state index is 13.9. The van der Waals surface area contributed by atoms with E-state index < -0.39 is 70.7 Å². The molecule has 0 aliphatic carbocycles. The predicted octanol–water partition coefficient (Wildman–Crippen LogP) is 2.69. The Morgan fingerprint density at radius 2 is 1.71 bits per heavy atom. The van der Waals surface area contributed by atoms with Crippen LogP contribution in [0.5, 0.6) is 17.2 Å². The lowest BCUT2D eigenvalue weighted by Crippen LogP contribution is -2.58. The van der Waals surface area contributed by atoms with Gasteiger partial charge >= 0.3 is 17.7 Å². The zero-order chi connectivity index (χ0) is 36.5. The van der Waals surface area contributed by atoms with Gasteiger partial charge in [-0.1, -0.05) is 26.0 Å². The Hall–Kier alpha value is -5.41. The Balaban J connectivity index is 2.07. The average Bonchev–Trinajstić information content (AvgIpc) is 3.01. The molecule has 4 rings (SSSR count). The number of esters is 1. The molecular formula is C33H43N5O11. The van der Waals surface area contributed by atoms with Crippen LogP contribution in [0, 0.1) is 16.0 Å². The zero-order valence-electron chi connectivity index (χ0n) is 28.5. The minimum absolute atomic E-state index is 0.0593. The molecule has 49 heavy (non-hydrogen) atoms. The minimum Gasteiger partial charge on any atom is -0.493 e. The highest BCUT2D eigenvalue weighted by molar-refractivity contribution is 5.94. The lowest BCUT2D eigenvalue weighted by Gasteiger charge is -2.27. The molecule has 0 fully saturated rings. The van der Waals surface area contributed by atoms with Crippen molar-refractivity contribution in [2.24, 2.45) is 5.92 Å². The number of nitrogens with one attached hydrogen (secondary N) is 4. The summed E-state index contributed by atoms with van der Waals surface area (Å²) in [5.74, 6) is -2.77. The van der Waals surface area contributed by atoms with Gasteiger partial charge < -0.3 is 40.2 Å². The number of hydrogen-bond donors (Lipinski definition) is 4. The van der Waals surface area contributed by atoms with Gasteiger partial charge in [0.1, 0.15) is 30.3 Å². The number of fused-ring (bicyclic) bond motifs is 7. The van der Waals surface area contributed by atoms with Crippen LogP contribution in [0.3, 0.4) is 0 Å². The molecule has 2 aliphatic rings. The maximum atomic E-state index is 13.9. The lowest BCUT2D eigenvalue weighted by atomic mass is 9.99. The highest BCUT2D eigenvalue weighted by Gasteiger charge is 2.33. The van der Waals surface area contributed by atoms with E-state index in [0.29, 0.717) is 5.56 Å². The van der Waals surface area contributed by atoms with E-state index >= 15 is 0 Å². The lowest BCUT2D eigenvalue weighted by molar-refractivity contribution is -0.385. The number of carbonyl (C=O) groups is 5. The first-order valence-corrected chi connectivity index (χ1v) is 15.6. The summed E-state index contributed by atoms with van der Waals surface area (Å²) in [7, 11) is 2.55. The molecule has 2 heterocycles. The fourth-order valence-electron chi connectivity index (χ4n) is 4.91. The van der Waals surface area contributed by atoms with Crippen molar-refractivity contribution < 1.29 is 47.8 Å². The zero-order valence-corrected chi connectivity index (χ0v) is 28.5. The van der Waals surface area contributed by atoms with Crippen LogP contribution in [-0.2, 0) is 41.5 Å². The predicted molar refractivity (Wildman–Crippen MR) is 175 cm³/mol. The fraction of sp³-hybridized carbons (Fsp3) is 0.485. The van der Waals surface area contributed by atoms with Crippen LogP contribution in [-0.4, -0.2) is 79.2 Å². The molecule has 4 N–H and O–H groups in total. The first kappa shape index (κ1) is 38.0. The summed E-state index contributed by atoms with van der Waals surface area (Å²) < 4.78 is 21.2. The first-order valence-electron chi connectivity index (χ1n) is 15.6. The van der Waals surface area contributed by atoms with Gasteiger partial charge in [-0.25, -0.2) is 4.79 Å². The van der Waals surface area contributed by atoms with Crippen molar-refractivity contribution in [1.29, 1.82) is 0 Å². The van der Waals surface area contributed by atoms with E-state index in [1.807, 2.05) is 13.8 Å². The summed E-state index contributed by atoms with van der Waals surface area (Å²) in [4.78, 5) is 76.8. The standard InChI is InChI=1S/C33H43N5O11/c1-18(2)12-21(37-32(43)49-33(3,4)5)30(41)36-23-13-19-8-10-25(24(15-19)38(44)45)48-27-16-20(9-11-26(27)46-6)14-22(35-31(23)42)29(40)34-17-28(39)47-7/h8-11,15-16,18,21-23H,12-14,17H2,1-7H3,(H,34,40)(H,35,42)(H,36,41)(H,37,43)/t21-,22-,23+/m0/s1. The SMILES string of the molecule is COC(=O)CNC(=O)[C@@H]1Cc2ccc(OC)c(c2)Oc2ccc(cc2[N+](=O)[O-])C[C@@H](NC(=O)[C@H](CC(C)C)NC(=O)OC(C)(C)C)C(=O)N1. The quantitative estimate of drug-likeness (QED) is 0.162. The molecule has 266 valence electrons. The van der Waals surface area contributed by atoms with E-state index in [1.165, 1.54) is 37.4 Å². The highest BCUT2D eigenvalue weighted by atomic mass is 16.6. The van der Waals surface area contributed by atoms with Crippen molar-refractivity contribution >= 4 is 35.5 Å². The number of amides is 4. The van der Waals surface area contributed by atoms with E-state index in [4.69, 9.17) is 14.2 Å². The number of carbonyl (C=O) groups excluding carboxylic acids is 5. The fourth-order valence-corrected chi connectivity index (χ4v) is 4.91. The van der Waals surface area contributed by atoms with Gasteiger partial charge in [-0.2, -0.15) is 0 Å². The van der Waals surface area contributed by atoms with Gasteiger partial charge in [0.25, 0.3) is 0 Å². The van der Waals surface area contributed by atoms with Crippen LogP contribution in [0.2, 0.25) is 0 Å². The molecule has 16 heteroatoms. The summed E-state index contributed by atoms with van der Waals surface area (Å²) in [6, 6.07) is 5.00. The molecule has 0 unspecified atom stereocenters. The van der Waals surface area contributed by atoms with Crippen molar-refractivity contribution in [3.63, 3.8) is 0 Å². The second-order valence-corrected chi connectivity index (χ2v) is 12.8. The van der Waals surface area contributed by atoms with Crippen molar-refractivity contribution in [2.75, 3.05) is 20.8 Å². The molecular weight excluding hydrogens is 642 g/mol. The minimum atomic E-state index is -1.38. The molecule has 0 aromatic heterocycles. The van der Waals surface area contributed by atoms with Crippen LogP contribution in [0.1, 0.15) is 52.2 Å². The highest BCUT2D eigenvalue weighted by Crippen LogP contribution is 2.38. The Morgan fingerprint density at radius 3 is 2.33 bits per heavy atom. The van der Waals surface area contributed by atoms with Gasteiger partial charge in [0.05, 0.1) is 19.1 Å². The van der Waals surface area contributed by atoms with Crippen molar-refractivity contribution in [2.45, 2.75) is 77.6 Å². The average molecular weight is 686 g/mol. The number of methoxy groups -OCH3 is 2. The summed E-state index contributed by atoms with van der Waals surface area (Å²) in [6.07, 6.45) is -1.01. The van der Waals surface area contributed by atoms with E-state index in [-0.39, 0.29) is 48.0 Å². The van der Waals surface area contributed by atoms with Gasteiger partial charge in [0, 0.05) is 18.9 Å². The van der Waals surface area contributed by atoms with Crippen LogP contribution in [0.25, 0.3) is 0 Å². The number of nitrogens with zero attached hydrogens (tertiary/aromatic N) is 1. The van der Waals surface area contributed by atoms with E-state index in [1.54, 1.807) is 26.8 Å². The van der Waals surface area contributed by atoms with Gasteiger partial charge in [-0.05, 0) is 62.4 Å². The number of rotatable bonds is 10. The van der Waals surface area contributed by atoms with Crippen molar-refractivity contribution in [3.8, 4) is 17.2 Å². The normalized spacial score (nSPS) is 16.6. The van der Waals surface area contributed by atoms with E-state index in [2.05, 4.69) is 26.0 Å². The second kappa shape index (κ2) is 16.6. The van der Waals surface area contributed by atoms with Crippen LogP contribution in [0.4, 0.5) is 10.5 Å². The van der Waals surface area contributed by atoms with Gasteiger partial charge in [-0.15, -0.1) is 0 Å². The molecule has 0 spiro atoms. The summed E-state index contributed by atoms with van der Waals surface area (Å²) >= 11 is 0. The summed E-state index contributed by atoms with van der Waals surface area (Å²) in [5, 5.41) is 22.4. The van der Waals surface area contributed by atoms with Gasteiger partial charge in [0.2, 0.25) is 23.5 Å². The third-order valence-corrected chi connectivity index (χ3v) is 7.16. The Morgan fingerprint density at radius 1 is 1.04 bits per heavy atom. The van der Waals surface area contributed by atoms with Gasteiger partial charge in [-0.3, -0.25) is 29.3 Å². The summed E-state index contributed by atoms with van der Waals surface area (Å²) in [6.45, 7) is 8.23. The number of ether oxygens (including phenoxy) is 4. The Labute approximate surface area is 283 Å². The molecule has 3 atom stereocenters. The number of benzene rings is 2. The largest absolute Gasteiger partial charge is 0.493 e. The van der Waals surface area contributed by atoms with E-state index in [9.17, 15) is 34.1 Å². The molecule has 0 radical (unpaired) electrons. The first-order chi connectivity index (χ1) is 23.0. The number of alkyl carbamates (subject to hydrolysis) is 1. The molecule has 2 aromatic carbocycles. The number of nitro benzene ring substituents is 1. The van der Waals surface area contributed by atoms with Gasteiger partial charge in [0.15, 0.2) is 11.5 Å². The molecule has 2 aromatic rings. The van der Waals surface area contributed by atoms with Crippen molar-refractivity contribution in [3.05, 3.63) is 57.6 Å². The topological polar surface area (TPSA) is 214 Å². The van der Waals surface area contributed by atoms with Crippen LogP contribution < -0.4 is 30.7 Å². The van der Waals surface area contributed by atoms with Crippen molar-refractivity contribution in [1.82, 2.24) is 21.3 Å². The second-order valence-electron chi connectivity index (χ2n) is 12.8. The molecule has 0 saturated heterocycles. The third kappa shape index (κ3) is 11.4. The molecule has 4 bridgehead atoms. The van der Waals surface area contributed by atoms with E-state index in [0.717, 1.165) is 7.11 Å². The molecule has 4 amide bonds. The smallest absolute Gasteiger partial charge is 0.408 e. The Kier molecular flexibility index (Phi) is 12.9. The number of hydrogen-bond acceptors (Lipinski definition) is 11. The van der Waals surface area contributed by atoms with Crippen LogP contribution >= 0.6 is 0 Å². The molecule has 2 aliphatic heterocycles. The Bertz CT molecular complexity index is 1570. The third-order valence-electron chi connectivity index (χ3n) is 7.16. The van der Waals surface area contributed by atoms with Crippen LogP contribution in [0.15, 0.2) is 36.4 Å². The monoisotopic (exact) mass is 685 g/mol. The molecule has 0 saturated carbocycles. The maximum Gasteiger partial charge on any atom is 0.408 e.